The molecule has 0 spiro atoms. The lowest BCUT2D eigenvalue weighted by Gasteiger charge is -2.35. The summed E-state index contributed by atoms with van der Waals surface area (Å²) >= 11 is 0. The largest absolute Gasteiger partial charge is 0.507 e. The molecule has 1 aromatic carbocycles. The van der Waals surface area contributed by atoms with Crippen molar-refractivity contribution in [2.75, 3.05) is 32.7 Å². The number of nitrogens with one attached hydrogen (secondary N) is 1. The summed E-state index contributed by atoms with van der Waals surface area (Å²) < 4.78 is 12.0. The molecular weight excluding hydrogens is 732 g/mol. The summed E-state index contributed by atoms with van der Waals surface area (Å²) in [5.41, 5.74) is -1.58. The van der Waals surface area contributed by atoms with Crippen molar-refractivity contribution in [1.82, 2.24) is 15.2 Å². The first-order valence-corrected chi connectivity index (χ1v) is 19.9. The van der Waals surface area contributed by atoms with Gasteiger partial charge in [0.1, 0.15) is 17.2 Å². The highest BCUT2D eigenvalue weighted by molar-refractivity contribution is 6.37. The van der Waals surface area contributed by atoms with Gasteiger partial charge >= 0.3 is 5.79 Å². The van der Waals surface area contributed by atoms with E-state index in [1.54, 1.807) is 44.0 Å². The van der Waals surface area contributed by atoms with E-state index in [2.05, 4.69) is 22.2 Å². The number of aromatic hydroxyl groups is 1. The number of Topliss-reactive ketones (excluding diaryl/α,β-unsaturated/α-hetero) is 3. The Morgan fingerprint density at radius 1 is 0.860 bits per heavy atom. The summed E-state index contributed by atoms with van der Waals surface area (Å²) in [4.78, 5) is 59.3. The third kappa shape index (κ3) is 8.50. The number of allylic oxidation sites excluding steroid dienone is 5. The fourth-order valence-corrected chi connectivity index (χ4v) is 7.85. The monoisotopic (exact) mass is 790 g/mol. The maximum atomic E-state index is 14.6. The van der Waals surface area contributed by atoms with Gasteiger partial charge in [-0.1, -0.05) is 59.8 Å². The number of piperazine rings is 1. The molecule has 14 heteroatoms. The van der Waals surface area contributed by atoms with Crippen molar-refractivity contribution >= 4 is 29.5 Å². The van der Waals surface area contributed by atoms with Crippen LogP contribution in [0.3, 0.4) is 0 Å². The third-order valence-corrected chi connectivity index (χ3v) is 12.1. The van der Waals surface area contributed by atoms with E-state index < -0.39 is 88.0 Å². The minimum Gasteiger partial charge on any atom is -0.507 e. The first-order valence-electron chi connectivity index (χ1n) is 19.9. The minimum atomic E-state index is -2.00. The molecule has 1 fully saturated rings. The average Bonchev–Trinajstić information content (AvgIpc) is 3.45. The minimum absolute atomic E-state index is 0.0252. The molecule has 9 atom stereocenters. The van der Waals surface area contributed by atoms with Crippen LogP contribution in [0.1, 0.15) is 98.4 Å². The number of hydrazone groups is 1. The molecule has 6 rings (SSSR count). The normalized spacial score (nSPS) is 34.2. The van der Waals surface area contributed by atoms with Gasteiger partial charge in [0.25, 0.3) is 11.7 Å². The SMILES string of the molecule is CCCN1CCN(/N=C/C2=C3NC(=O)/C(C)=C\C=C\[C@H](C)[C@H](O)[C@@H](C)[C@@H](O)[C@@H](C)[C@H](O)[C@H](C)[C@@H](C)/C=C/O[C@@]4(C)Oc5c(C)c(O)c(c(c5C4=O)C2=O)C3=O)CC1. The maximum Gasteiger partial charge on any atom is 0.312 e. The van der Waals surface area contributed by atoms with Gasteiger partial charge in [-0.05, 0) is 44.7 Å². The van der Waals surface area contributed by atoms with Crippen molar-refractivity contribution in [3.05, 3.63) is 69.7 Å². The number of fused-ring (bicyclic) bond motifs is 14. The number of rotatable bonds is 4. The molecule has 1 amide bonds. The second-order valence-corrected chi connectivity index (χ2v) is 16.2. The number of phenolic OH excluding ortho intramolecular Hbond substituents is 1. The van der Waals surface area contributed by atoms with Crippen molar-refractivity contribution in [2.24, 2.45) is 34.7 Å². The Bertz CT molecular complexity index is 1930. The summed E-state index contributed by atoms with van der Waals surface area (Å²) in [5.74, 6) is -8.35. The average molecular weight is 791 g/mol. The number of carbonyl (C=O) groups is 4. The second kappa shape index (κ2) is 17.5. The van der Waals surface area contributed by atoms with Gasteiger partial charge in [0.05, 0.1) is 53.1 Å². The summed E-state index contributed by atoms with van der Waals surface area (Å²) in [6, 6.07) is 0. The van der Waals surface area contributed by atoms with Gasteiger partial charge in [0.2, 0.25) is 5.78 Å². The molecule has 0 radical (unpaired) electrons. The van der Waals surface area contributed by atoms with Gasteiger partial charge in [-0.15, -0.1) is 0 Å². The van der Waals surface area contributed by atoms with Gasteiger partial charge in [-0.25, -0.2) is 0 Å². The smallest absolute Gasteiger partial charge is 0.312 e. The molecule has 4 heterocycles. The first-order chi connectivity index (χ1) is 26.8. The fraction of sp³-hybridized carbons (Fsp3) is 0.558. The number of ether oxygens (including phenoxy) is 2. The summed E-state index contributed by atoms with van der Waals surface area (Å²) in [6.07, 6.45) is 6.83. The lowest BCUT2D eigenvalue weighted by molar-refractivity contribution is -0.116. The lowest BCUT2D eigenvalue weighted by Crippen LogP contribution is -2.44. The molecule has 1 aromatic rings. The molecule has 4 aliphatic heterocycles. The molecule has 14 nitrogen and oxygen atoms in total. The van der Waals surface area contributed by atoms with Crippen molar-refractivity contribution < 1.29 is 49.1 Å². The lowest BCUT2D eigenvalue weighted by atomic mass is 9.77. The number of aliphatic hydroxyl groups is 3. The van der Waals surface area contributed by atoms with Crippen LogP contribution in [0.4, 0.5) is 0 Å². The second-order valence-electron chi connectivity index (χ2n) is 16.2. The number of nitrogens with zero attached hydrogens (tertiary/aromatic N) is 3. The van der Waals surface area contributed by atoms with Crippen LogP contribution in [-0.2, 0) is 9.53 Å². The molecule has 0 saturated carbocycles. The highest BCUT2D eigenvalue weighted by Crippen LogP contribution is 2.48. The number of phenols is 1. The predicted molar refractivity (Wildman–Crippen MR) is 214 cm³/mol. The van der Waals surface area contributed by atoms with Crippen LogP contribution in [-0.4, -0.2) is 117 Å². The molecule has 5 N–H and O–H groups in total. The van der Waals surface area contributed by atoms with E-state index >= 15 is 0 Å². The number of amides is 1. The Morgan fingerprint density at radius 3 is 2.14 bits per heavy atom. The maximum absolute atomic E-state index is 14.6. The highest BCUT2D eigenvalue weighted by Gasteiger charge is 2.52. The van der Waals surface area contributed by atoms with Crippen LogP contribution < -0.4 is 10.1 Å². The van der Waals surface area contributed by atoms with E-state index in [0.29, 0.717) is 13.1 Å². The van der Waals surface area contributed by atoms with E-state index in [9.17, 15) is 39.6 Å². The summed E-state index contributed by atoms with van der Waals surface area (Å²) in [7, 11) is 0. The number of benzene rings is 1. The zero-order valence-electron chi connectivity index (χ0n) is 34.4. The fourth-order valence-electron chi connectivity index (χ4n) is 7.85. The van der Waals surface area contributed by atoms with Crippen LogP contribution in [0.5, 0.6) is 11.5 Å². The highest BCUT2D eigenvalue weighted by atomic mass is 16.7. The Morgan fingerprint density at radius 2 is 1.49 bits per heavy atom. The number of hydrogen-bond donors (Lipinski definition) is 5. The van der Waals surface area contributed by atoms with Gasteiger partial charge < -0.3 is 35.2 Å². The van der Waals surface area contributed by atoms with E-state index in [1.807, 2.05) is 13.8 Å². The Balaban J connectivity index is 1.62. The third-order valence-electron chi connectivity index (χ3n) is 12.1. The van der Waals surface area contributed by atoms with Crippen LogP contribution in [0.25, 0.3) is 0 Å². The summed E-state index contributed by atoms with van der Waals surface area (Å²) in [6.45, 7) is 18.8. The molecule has 310 valence electrons. The number of aliphatic hydroxyl groups excluding tert-OH is 3. The topological polar surface area (TPSA) is 199 Å². The molecule has 5 aliphatic rings. The Labute approximate surface area is 334 Å². The zero-order valence-corrected chi connectivity index (χ0v) is 34.4. The molecule has 57 heavy (non-hydrogen) atoms. The first kappa shape index (κ1) is 43.5. The van der Waals surface area contributed by atoms with E-state index in [1.165, 1.54) is 39.3 Å². The van der Waals surface area contributed by atoms with Gasteiger partial charge in [-0.3, -0.25) is 29.1 Å². The van der Waals surface area contributed by atoms with E-state index in [-0.39, 0.29) is 39.5 Å². The molecule has 1 aliphatic carbocycles. The van der Waals surface area contributed by atoms with Crippen molar-refractivity contribution in [1.29, 1.82) is 0 Å². The van der Waals surface area contributed by atoms with Crippen LogP contribution in [0.2, 0.25) is 0 Å². The molecule has 0 unspecified atom stereocenters. The zero-order chi connectivity index (χ0) is 42.1. The number of hydrogen-bond acceptors (Lipinski definition) is 13. The number of ketones is 3. The standard InChI is InChI=1S/C43H58N4O10/c1-10-15-46-16-18-47(19-17-46)44-21-29-33-39(53)31-30(38(29)52)32-40(28(8)37(31)51)57-43(9,41(32)54)56-20-14-22(2)25(5)35(49)27(7)36(50)26(6)34(48)23(3)12-11-13-24(4)42(55)45-33/h11-14,20-23,25-27,34-36,48-51H,10,15-19H2,1-9H3,(H,45,55)/b12-11+,20-14+,24-13-,44-21+/t22-,23-,25+,26+,27-,34-,35+,36+,43-/m0/s1. The van der Waals surface area contributed by atoms with E-state index in [0.717, 1.165) is 26.1 Å². The molecule has 5 bridgehead atoms. The van der Waals surface area contributed by atoms with Crippen molar-refractivity contribution in [2.45, 2.75) is 92.8 Å². The Kier molecular flexibility index (Phi) is 13.3. The molecule has 0 aromatic heterocycles. The Hall–Kier alpha value is -4.63. The predicted octanol–water partition coefficient (Wildman–Crippen LogP) is 4.06. The van der Waals surface area contributed by atoms with Gasteiger partial charge in [-0.2, -0.15) is 5.10 Å². The van der Waals surface area contributed by atoms with Crippen molar-refractivity contribution in [3.8, 4) is 11.5 Å². The van der Waals surface area contributed by atoms with Gasteiger partial charge in [0, 0.05) is 62.0 Å². The van der Waals surface area contributed by atoms with E-state index in [4.69, 9.17) is 9.47 Å². The number of carbonyl (C=O) groups excluding carboxylic acids is 4. The van der Waals surface area contributed by atoms with Crippen molar-refractivity contribution in [3.63, 3.8) is 0 Å². The quantitative estimate of drug-likeness (QED) is 0.275. The van der Waals surface area contributed by atoms with Crippen LogP contribution >= 0.6 is 0 Å². The van der Waals surface area contributed by atoms with Gasteiger partial charge in [0.15, 0.2) is 5.78 Å². The molecule has 1 saturated heterocycles. The van der Waals surface area contributed by atoms with Crippen LogP contribution in [0.15, 0.2) is 52.5 Å². The molecular formula is C43H58N4O10. The summed E-state index contributed by atoms with van der Waals surface area (Å²) in [5, 5.41) is 54.1. The van der Waals surface area contributed by atoms with Crippen LogP contribution in [0, 0.1) is 36.5 Å².